The summed E-state index contributed by atoms with van der Waals surface area (Å²) in [6.07, 6.45) is 3.75. The standard InChI is InChI=1S/C17H19ClN2O/c1-2-9-19-16(15-7-6-13(18)11-20-15)14-5-3-4-12-8-10-21-17(12)14/h3-7,11,16,19H,2,8-10H2,1H3. The summed E-state index contributed by atoms with van der Waals surface area (Å²) >= 11 is 5.95. The van der Waals surface area contributed by atoms with Gasteiger partial charge in [-0.1, -0.05) is 36.7 Å². The number of benzene rings is 1. The Hall–Kier alpha value is -1.58. The fourth-order valence-corrected chi connectivity index (χ4v) is 2.80. The van der Waals surface area contributed by atoms with Crippen molar-refractivity contribution in [3.8, 4) is 5.75 Å². The van der Waals surface area contributed by atoms with Gasteiger partial charge >= 0.3 is 0 Å². The van der Waals surface area contributed by atoms with Crippen molar-refractivity contribution in [1.82, 2.24) is 10.3 Å². The molecule has 2 heterocycles. The van der Waals surface area contributed by atoms with Gasteiger partial charge in [0.2, 0.25) is 0 Å². The van der Waals surface area contributed by atoms with Crippen LogP contribution >= 0.6 is 11.6 Å². The van der Waals surface area contributed by atoms with Crippen LogP contribution < -0.4 is 10.1 Å². The molecule has 1 aliphatic heterocycles. The molecule has 1 aliphatic rings. The molecule has 0 spiro atoms. The van der Waals surface area contributed by atoms with Crippen LogP contribution in [-0.2, 0) is 6.42 Å². The number of hydrogen-bond acceptors (Lipinski definition) is 3. The second-order valence-electron chi connectivity index (χ2n) is 5.22. The highest BCUT2D eigenvalue weighted by molar-refractivity contribution is 6.30. The van der Waals surface area contributed by atoms with Crippen LogP contribution in [0.5, 0.6) is 5.75 Å². The van der Waals surface area contributed by atoms with Gasteiger partial charge in [-0.3, -0.25) is 4.98 Å². The Balaban J connectivity index is 1.99. The Bertz CT molecular complexity index is 613. The Morgan fingerprint density at radius 2 is 2.24 bits per heavy atom. The van der Waals surface area contributed by atoms with Crippen molar-refractivity contribution in [2.45, 2.75) is 25.8 Å². The van der Waals surface area contributed by atoms with Crippen LogP contribution in [0.15, 0.2) is 36.5 Å². The first kappa shape index (κ1) is 14.4. The molecule has 1 aromatic carbocycles. The predicted octanol–water partition coefficient (Wildman–Crippen LogP) is 3.76. The molecule has 0 radical (unpaired) electrons. The molecule has 2 aromatic rings. The van der Waals surface area contributed by atoms with Crippen LogP contribution in [0.2, 0.25) is 5.02 Å². The van der Waals surface area contributed by atoms with E-state index in [1.165, 1.54) is 5.56 Å². The van der Waals surface area contributed by atoms with Crippen molar-refractivity contribution >= 4 is 11.6 Å². The van der Waals surface area contributed by atoms with Gasteiger partial charge in [0.1, 0.15) is 5.75 Å². The molecular weight excluding hydrogens is 284 g/mol. The number of aromatic nitrogens is 1. The zero-order valence-corrected chi connectivity index (χ0v) is 12.9. The average molecular weight is 303 g/mol. The lowest BCUT2D eigenvalue weighted by Gasteiger charge is -2.21. The van der Waals surface area contributed by atoms with Crippen molar-refractivity contribution in [3.05, 3.63) is 58.4 Å². The van der Waals surface area contributed by atoms with Gasteiger partial charge in [0, 0.05) is 18.2 Å². The summed E-state index contributed by atoms with van der Waals surface area (Å²) in [5, 5.41) is 4.22. The van der Waals surface area contributed by atoms with Crippen molar-refractivity contribution in [1.29, 1.82) is 0 Å². The SMILES string of the molecule is CCCNC(c1ccc(Cl)cn1)c1cccc2c1OCC2. The van der Waals surface area contributed by atoms with Gasteiger partial charge in [-0.25, -0.2) is 0 Å². The van der Waals surface area contributed by atoms with Gasteiger partial charge < -0.3 is 10.1 Å². The number of fused-ring (bicyclic) bond motifs is 1. The smallest absolute Gasteiger partial charge is 0.127 e. The summed E-state index contributed by atoms with van der Waals surface area (Å²) in [4.78, 5) is 4.48. The number of ether oxygens (including phenoxy) is 1. The highest BCUT2D eigenvalue weighted by Crippen LogP contribution is 2.35. The molecule has 3 nitrogen and oxygen atoms in total. The summed E-state index contributed by atoms with van der Waals surface area (Å²) in [5.41, 5.74) is 3.41. The molecule has 1 unspecified atom stereocenters. The normalized spacial score (nSPS) is 14.6. The number of nitrogens with zero attached hydrogens (tertiary/aromatic N) is 1. The Labute approximate surface area is 130 Å². The molecule has 4 heteroatoms. The summed E-state index contributed by atoms with van der Waals surface area (Å²) in [6, 6.07) is 10.2. The number of halogens is 1. The fourth-order valence-electron chi connectivity index (χ4n) is 2.69. The van der Waals surface area contributed by atoms with Gasteiger partial charge in [0.15, 0.2) is 0 Å². The minimum Gasteiger partial charge on any atom is -0.493 e. The summed E-state index contributed by atoms with van der Waals surface area (Å²) < 4.78 is 5.84. The second-order valence-corrected chi connectivity index (χ2v) is 5.66. The Kier molecular flexibility index (Phi) is 4.42. The topological polar surface area (TPSA) is 34.2 Å². The van der Waals surface area contributed by atoms with Crippen molar-refractivity contribution < 1.29 is 4.74 Å². The van der Waals surface area contributed by atoms with Gasteiger partial charge in [0.25, 0.3) is 0 Å². The number of hydrogen-bond donors (Lipinski definition) is 1. The van der Waals surface area contributed by atoms with E-state index in [2.05, 4.69) is 35.4 Å². The Morgan fingerprint density at radius 1 is 1.33 bits per heavy atom. The first-order valence-corrected chi connectivity index (χ1v) is 7.77. The van der Waals surface area contributed by atoms with Crippen molar-refractivity contribution in [3.63, 3.8) is 0 Å². The highest BCUT2D eigenvalue weighted by Gasteiger charge is 2.23. The van der Waals surface area contributed by atoms with Gasteiger partial charge in [-0.2, -0.15) is 0 Å². The maximum Gasteiger partial charge on any atom is 0.127 e. The minimum absolute atomic E-state index is 0.0373. The molecule has 110 valence electrons. The summed E-state index contributed by atoms with van der Waals surface area (Å²) in [5.74, 6) is 1.02. The quantitative estimate of drug-likeness (QED) is 0.913. The van der Waals surface area contributed by atoms with Crippen molar-refractivity contribution in [2.24, 2.45) is 0 Å². The van der Waals surface area contributed by atoms with E-state index in [9.17, 15) is 0 Å². The largest absolute Gasteiger partial charge is 0.493 e. The number of pyridine rings is 1. The zero-order chi connectivity index (χ0) is 14.7. The van der Waals surface area contributed by atoms with Gasteiger partial charge in [-0.15, -0.1) is 0 Å². The third-order valence-corrected chi connectivity index (χ3v) is 3.92. The maximum absolute atomic E-state index is 5.95. The molecule has 0 fully saturated rings. The van der Waals surface area contributed by atoms with Gasteiger partial charge in [0.05, 0.1) is 23.4 Å². The monoisotopic (exact) mass is 302 g/mol. The lowest BCUT2D eigenvalue weighted by atomic mass is 9.99. The molecule has 0 aliphatic carbocycles. The van der Waals surface area contributed by atoms with Crippen LogP contribution in [0.3, 0.4) is 0 Å². The van der Waals surface area contributed by atoms with Crippen LogP contribution in [-0.4, -0.2) is 18.1 Å². The van der Waals surface area contributed by atoms with Crippen LogP contribution in [0.4, 0.5) is 0 Å². The molecule has 0 saturated heterocycles. The zero-order valence-electron chi connectivity index (χ0n) is 12.1. The molecule has 3 rings (SSSR count). The lowest BCUT2D eigenvalue weighted by Crippen LogP contribution is -2.24. The number of para-hydroxylation sites is 1. The molecule has 0 bridgehead atoms. The molecule has 21 heavy (non-hydrogen) atoms. The second kappa shape index (κ2) is 6.46. The fraction of sp³-hybridized carbons (Fsp3) is 0.353. The molecule has 0 saturated carbocycles. The van der Waals surface area contributed by atoms with E-state index in [0.29, 0.717) is 5.02 Å². The highest BCUT2D eigenvalue weighted by atomic mass is 35.5. The van der Waals surface area contributed by atoms with E-state index < -0.39 is 0 Å². The molecule has 1 atom stereocenters. The van der Waals surface area contributed by atoms with Gasteiger partial charge in [-0.05, 0) is 30.7 Å². The van der Waals surface area contributed by atoms with E-state index in [-0.39, 0.29) is 6.04 Å². The van der Waals surface area contributed by atoms with Crippen LogP contribution in [0.1, 0.15) is 36.2 Å². The van der Waals surface area contributed by atoms with E-state index in [1.54, 1.807) is 6.20 Å². The molecule has 1 aromatic heterocycles. The molecule has 0 amide bonds. The third kappa shape index (κ3) is 3.04. The van der Waals surface area contributed by atoms with E-state index >= 15 is 0 Å². The van der Waals surface area contributed by atoms with Crippen LogP contribution in [0, 0.1) is 0 Å². The predicted molar refractivity (Wildman–Crippen MR) is 85.0 cm³/mol. The number of rotatable bonds is 5. The third-order valence-electron chi connectivity index (χ3n) is 3.70. The maximum atomic E-state index is 5.95. The van der Waals surface area contributed by atoms with Crippen LogP contribution in [0.25, 0.3) is 0 Å². The van der Waals surface area contributed by atoms with E-state index in [0.717, 1.165) is 43.0 Å². The number of nitrogens with one attached hydrogen (secondary N) is 1. The van der Waals surface area contributed by atoms with Crippen molar-refractivity contribution in [2.75, 3.05) is 13.2 Å². The van der Waals surface area contributed by atoms with E-state index in [1.807, 2.05) is 12.1 Å². The summed E-state index contributed by atoms with van der Waals surface area (Å²) in [7, 11) is 0. The summed E-state index contributed by atoms with van der Waals surface area (Å²) in [6.45, 7) is 3.85. The minimum atomic E-state index is 0.0373. The first-order valence-electron chi connectivity index (χ1n) is 7.39. The lowest BCUT2D eigenvalue weighted by molar-refractivity contribution is 0.350. The van der Waals surface area contributed by atoms with E-state index in [4.69, 9.17) is 16.3 Å². The molecule has 1 N–H and O–H groups in total. The molecular formula is C17H19ClN2O. The Morgan fingerprint density at radius 3 is 3.00 bits per heavy atom. The first-order chi connectivity index (χ1) is 10.3. The average Bonchev–Trinajstić information content (AvgIpc) is 2.98.